The first-order chi connectivity index (χ1) is 24.6. The van der Waals surface area contributed by atoms with Gasteiger partial charge in [0.2, 0.25) is 0 Å². The van der Waals surface area contributed by atoms with Crippen molar-refractivity contribution in [3.05, 3.63) is 60.7 Å². The van der Waals surface area contributed by atoms with Crippen LogP contribution in [0.2, 0.25) is 0 Å². The van der Waals surface area contributed by atoms with Gasteiger partial charge in [-0.05, 0) is 0 Å². The third-order valence-electron chi connectivity index (χ3n) is 11.7. The molecule has 0 radical (unpaired) electrons. The summed E-state index contributed by atoms with van der Waals surface area (Å²) in [6.45, 7) is 4.62. The van der Waals surface area contributed by atoms with Crippen molar-refractivity contribution in [3.63, 3.8) is 0 Å². The second-order valence-electron chi connectivity index (χ2n) is 16.1. The van der Waals surface area contributed by atoms with Crippen LogP contribution in [0.1, 0.15) is 219 Å². The topological polar surface area (TPSA) is 0 Å². The van der Waals surface area contributed by atoms with Crippen LogP contribution >= 0.6 is 17.2 Å². The third kappa shape index (κ3) is 19.8. The van der Waals surface area contributed by atoms with Gasteiger partial charge < -0.3 is 0 Å². The molecule has 0 amide bonds. The van der Waals surface area contributed by atoms with Crippen LogP contribution in [0.25, 0.3) is 0 Å². The minimum atomic E-state index is -2.80. The van der Waals surface area contributed by atoms with Gasteiger partial charge >= 0.3 is 242 Å². The van der Waals surface area contributed by atoms with Gasteiger partial charge in [-0.15, -0.1) is 0 Å². The molecule has 50 heavy (non-hydrogen) atoms. The van der Waals surface area contributed by atoms with Crippen LogP contribution in [0.15, 0.2) is 60.7 Å². The molecule has 2 rings (SSSR count). The molecule has 0 saturated carbocycles. The van der Waals surface area contributed by atoms with Gasteiger partial charge in [0.1, 0.15) is 0 Å². The summed E-state index contributed by atoms with van der Waals surface area (Å²) in [6, 6.07) is 22.7. The van der Waals surface area contributed by atoms with Crippen molar-refractivity contribution in [2.45, 2.75) is 219 Å². The Labute approximate surface area is 318 Å². The monoisotopic (exact) mass is 727 g/mol. The molecule has 2 heteroatoms. The zero-order chi connectivity index (χ0) is 35.7. The van der Waals surface area contributed by atoms with Gasteiger partial charge in [0.05, 0.1) is 0 Å². The molecular weight excluding hydrogens is 643 g/mol. The minimum absolute atomic E-state index is 1.15. The standard InChI is InChI=1S/C48H84ClP/c1-3-5-7-9-11-13-15-17-19-21-23-25-27-29-31-39-45-50(49,47-41-35-33-36-42-47,48-43-37-34-38-44-48)46-40-32-30-28-26-24-22-20-18-16-14-12-10-8-6-4-2/h33-38,41-44H,3-32,39-40,45-46H2,1-2H3. The molecule has 0 N–H and O–H groups in total. The van der Waals surface area contributed by atoms with Gasteiger partial charge in [-0.1, -0.05) is 78.1 Å². The molecule has 0 saturated heterocycles. The Hall–Kier alpha value is -0.840. The van der Waals surface area contributed by atoms with Crippen molar-refractivity contribution in [3.8, 4) is 0 Å². The Morgan fingerprint density at radius 1 is 0.300 bits per heavy atom. The number of unbranched alkanes of at least 4 members (excludes halogenated alkanes) is 30. The number of rotatable bonds is 36. The Bertz CT molecular complexity index is 908. The van der Waals surface area contributed by atoms with E-state index in [1.165, 1.54) is 216 Å². The molecule has 0 atom stereocenters. The normalized spacial score (nSPS) is 12.7. The van der Waals surface area contributed by atoms with Gasteiger partial charge in [-0.3, -0.25) is 0 Å². The van der Waals surface area contributed by atoms with Crippen molar-refractivity contribution in [1.82, 2.24) is 0 Å². The SMILES string of the molecule is CCCCCCCCCCCCCCCCCCP(Cl)(CCCCCCCCCCCCCCCCCC)(c1ccccc1)c1ccccc1. The van der Waals surface area contributed by atoms with E-state index in [-0.39, 0.29) is 0 Å². The quantitative estimate of drug-likeness (QED) is 0.0484. The fourth-order valence-corrected chi connectivity index (χ4v) is 14.7. The van der Waals surface area contributed by atoms with E-state index >= 15 is 0 Å². The predicted molar refractivity (Wildman–Crippen MR) is 234 cm³/mol. The predicted octanol–water partition coefficient (Wildman–Crippen LogP) is 16.9. The van der Waals surface area contributed by atoms with Gasteiger partial charge in [0.25, 0.3) is 0 Å². The number of hydrogen-bond donors (Lipinski definition) is 0. The van der Waals surface area contributed by atoms with Crippen molar-refractivity contribution in [1.29, 1.82) is 0 Å². The Balaban J connectivity index is 1.70. The van der Waals surface area contributed by atoms with Gasteiger partial charge in [-0.25, -0.2) is 0 Å². The van der Waals surface area contributed by atoms with Crippen LogP contribution in [-0.2, 0) is 0 Å². The van der Waals surface area contributed by atoms with E-state index in [2.05, 4.69) is 74.5 Å². The zero-order valence-electron chi connectivity index (χ0n) is 33.6. The molecule has 0 heterocycles. The summed E-state index contributed by atoms with van der Waals surface area (Å²) in [5.41, 5.74) is 0. The first-order valence-electron chi connectivity index (χ1n) is 22.5. The number of halogens is 1. The van der Waals surface area contributed by atoms with Crippen molar-refractivity contribution < 1.29 is 0 Å². The summed E-state index contributed by atoms with van der Waals surface area (Å²) in [7, 11) is 0. The second-order valence-corrected chi connectivity index (χ2v) is 23.2. The molecule has 0 aliphatic heterocycles. The van der Waals surface area contributed by atoms with Gasteiger partial charge in [0, 0.05) is 0 Å². The summed E-state index contributed by atoms with van der Waals surface area (Å²) in [5, 5.41) is 2.85. The molecule has 0 aliphatic rings. The first-order valence-corrected chi connectivity index (χ1v) is 26.0. The average molecular weight is 728 g/mol. The average Bonchev–Trinajstić information content (AvgIpc) is 3.15. The van der Waals surface area contributed by atoms with Crippen LogP contribution in [-0.4, -0.2) is 12.3 Å². The van der Waals surface area contributed by atoms with Gasteiger partial charge in [0.15, 0.2) is 0 Å². The van der Waals surface area contributed by atoms with E-state index in [0.717, 1.165) is 12.3 Å². The van der Waals surface area contributed by atoms with E-state index in [9.17, 15) is 0 Å². The van der Waals surface area contributed by atoms with Crippen LogP contribution in [0.4, 0.5) is 0 Å². The van der Waals surface area contributed by atoms with Crippen molar-refractivity contribution >= 4 is 27.8 Å². The first kappa shape index (κ1) is 45.3. The van der Waals surface area contributed by atoms with Crippen LogP contribution < -0.4 is 10.6 Å². The maximum atomic E-state index is 8.31. The summed E-state index contributed by atoms with van der Waals surface area (Å²) in [5.74, 6) is -2.80. The fourth-order valence-electron chi connectivity index (χ4n) is 8.30. The van der Waals surface area contributed by atoms with Crippen LogP contribution in [0.5, 0.6) is 0 Å². The summed E-state index contributed by atoms with van der Waals surface area (Å²) in [4.78, 5) is 0. The van der Waals surface area contributed by atoms with E-state index < -0.39 is 5.96 Å². The molecule has 0 aromatic heterocycles. The molecule has 0 fully saturated rings. The molecule has 0 nitrogen and oxygen atoms in total. The molecule has 288 valence electrons. The summed E-state index contributed by atoms with van der Waals surface area (Å²) >= 11 is 8.31. The molecule has 2 aromatic carbocycles. The van der Waals surface area contributed by atoms with Gasteiger partial charge in [-0.2, -0.15) is 0 Å². The number of benzene rings is 2. The van der Waals surface area contributed by atoms with Crippen molar-refractivity contribution in [2.24, 2.45) is 0 Å². The molecule has 2 aromatic rings. The fraction of sp³-hybridized carbons (Fsp3) is 0.750. The second kappa shape index (κ2) is 30.6. The Morgan fingerprint density at radius 3 is 0.720 bits per heavy atom. The van der Waals surface area contributed by atoms with E-state index in [0.29, 0.717) is 0 Å². The van der Waals surface area contributed by atoms with Crippen LogP contribution in [0, 0.1) is 0 Å². The van der Waals surface area contributed by atoms with E-state index in [1.54, 1.807) is 0 Å². The van der Waals surface area contributed by atoms with E-state index in [4.69, 9.17) is 11.2 Å². The summed E-state index contributed by atoms with van der Waals surface area (Å²) in [6.07, 6.45) is 47.5. The summed E-state index contributed by atoms with van der Waals surface area (Å²) < 4.78 is 0. The molecule has 0 unspecified atom stereocenters. The molecule has 0 spiro atoms. The third-order valence-corrected chi connectivity index (χ3v) is 19.3. The van der Waals surface area contributed by atoms with Crippen molar-refractivity contribution in [2.75, 3.05) is 12.3 Å². The number of hydrogen-bond acceptors (Lipinski definition) is 0. The molecular formula is C48H84ClP. The Kier molecular flexibility index (Phi) is 27.7. The maximum absolute atomic E-state index is 8.31. The molecule has 0 aliphatic carbocycles. The zero-order valence-corrected chi connectivity index (χ0v) is 35.3. The Morgan fingerprint density at radius 2 is 0.500 bits per heavy atom. The molecule has 0 bridgehead atoms. The van der Waals surface area contributed by atoms with E-state index in [1.807, 2.05) is 0 Å². The van der Waals surface area contributed by atoms with Crippen LogP contribution in [0.3, 0.4) is 0 Å².